The minimum Gasteiger partial charge on any atom is -0.497 e. The molecular weight excluding hydrogens is 190 g/mol. The Labute approximate surface area is 90.1 Å². The van der Waals surface area contributed by atoms with E-state index in [9.17, 15) is 5.11 Å². The molecule has 1 aromatic rings. The van der Waals surface area contributed by atoms with Gasteiger partial charge in [0.25, 0.3) is 0 Å². The molecule has 1 aliphatic rings. The van der Waals surface area contributed by atoms with Gasteiger partial charge in [-0.3, -0.25) is 5.32 Å². The Bertz CT molecular complexity index is 310. The minimum absolute atomic E-state index is 0.213. The van der Waals surface area contributed by atoms with Gasteiger partial charge in [-0.2, -0.15) is 0 Å². The smallest absolute Gasteiger partial charge is 0.118 e. The Morgan fingerprint density at radius 3 is 2.67 bits per heavy atom. The van der Waals surface area contributed by atoms with Gasteiger partial charge in [-0.05, 0) is 37.1 Å². The number of rotatable bonds is 2. The third-order valence-corrected chi connectivity index (χ3v) is 2.97. The highest BCUT2D eigenvalue weighted by molar-refractivity contribution is 5.30. The Balaban J connectivity index is 2.13. The van der Waals surface area contributed by atoms with Gasteiger partial charge in [0.05, 0.1) is 7.11 Å². The highest BCUT2D eigenvalue weighted by atomic mass is 16.5. The number of ether oxygens (including phenoxy) is 1. The molecule has 3 nitrogen and oxygen atoms in total. The van der Waals surface area contributed by atoms with E-state index in [0.717, 1.165) is 25.1 Å². The van der Waals surface area contributed by atoms with Crippen LogP contribution in [0.3, 0.4) is 0 Å². The number of aliphatic hydroxyl groups excluding tert-OH is 1. The van der Waals surface area contributed by atoms with Crippen LogP contribution in [0.5, 0.6) is 5.75 Å². The van der Waals surface area contributed by atoms with Crippen molar-refractivity contribution < 1.29 is 9.84 Å². The molecule has 0 spiro atoms. The van der Waals surface area contributed by atoms with Gasteiger partial charge in [0.15, 0.2) is 0 Å². The van der Waals surface area contributed by atoms with E-state index in [2.05, 4.69) is 5.32 Å². The number of aliphatic hydroxyl groups is 1. The van der Waals surface area contributed by atoms with Crippen LogP contribution in [0.1, 0.15) is 24.3 Å². The molecule has 0 saturated carbocycles. The Hall–Kier alpha value is -1.06. The van der Waals surface area contributed by atoms with Crippen LogP contribution in [0.25, 0.3) is 0 Å². The molecule has 1 saturated heterocycles. The first-order valence-electron chi connectivity index (χ1n) is 5.36. The SMILES string of the molecule is COc1ccc([C@H]2CCCN[C@@H]2O)cc1. The van der Waals surface area contributed by atoms with Gasteiger partial charge in [0.1, 0.15) is 12.0 Å². The lowest BCUT2D eigenvalue weighted by Gasteiger charge is -2.29. The molecule has 0 unspecified atom stereocenters. The summed E-state index contributed by atoms with van der Waals surface area (Å²) in [6, 6.07) is 7.94. The van der Waals surface area contributed by atoms with Gasteiger partial charge >= 0.3 is 0 Å². The molecule has 1 heterocycles. The number of methoxy groups -OCH3 is 1. The molecule has 1 aromatic carbocycles. The molecule has 1 fully saturated rings. The van der Waals surface area contributed by atoms with E-state index in [1.54, 1.807) is 7.11 Å². The van der Waals surface area contributed by atoms with Gasteiger partial charge in [-0.15, -0.1) is 0 Å². The van der Waals surface area contributed by atoms with E-state index >= 15 is 0 Å². The second kappa shape index (κ2) is 4.64. The number of hydrogen-bond acceptors (Lipinski definition) is 3. The van der Waals surface area contributed by atoms with Crippen molar-refractivity contribution >= 4 is 0 Å². The van der Waals surface area contributed by atoms with Gasteiger partial charge in [-0.25, -0.2) is 0 Å². The zero-order valence-electron chi connectivity index (χ0n) is 8.94. The summed E-state index contributed by atoms with van der Waals surface area (Å²) in [6.07, 6.45) is 1.75. The fourth-order valence-electron chi connectivity index (χ4n) is 2.07. The molecule has 82 valence electrons. The summed E-state index contributed by atoms with van der Waals surface area (Å²) in [5, 5.41) is 12.9. The van der Waals surface area contributed by atoms with E-state index in [-0.39, 0.29) is 5.92 Å². The normalized spacial score (nSPS) is 26.3. The highest BCUT2D eigenvalue weighted by Crippen LogP contribution is 2.27. The maximum atomic E-state index is 9.81. The maximum absolute atomic E-state index is 9.81. The van der Waals surface area contributed by atoms with Crippen LogP contribution in [-0.4, -0.2) is 25.0 Å². The molecule has 0 aliphatic carbocycles. The van der Waals surface area contributed by atoms with Gasteiger partial charge < -0.3 is 9.84 Å². The predicted molar refractivity (Wildman–Crippen MR) is 59.0 cm³/mol. The van der Waals surface area contributed by atoms with Crippen molar-refractivity contribution in [1.82, 2.24) is 5.32 Å². The molecule has 0 aromatic heterocycles. The first-order valence-corrected chi connectivity index (χ1v) is 5.36. The third kappa shape index (κ3) is 2.30. The molecule has 1 aliphatic heterocycles. The Kier molecular flexibility index (Phi) is 3.23. The first kappa shape index (κ1) is 10.5. The zero-order valence-corrected chi connectivity index (χ0v) is 8.94. The first-order chi connectivity index (χ1) is 7.31. The summed E-state index contributed by atoms with van der Waals surface area (Å²) in [4.78, 5) is 0. The molecule has 0 radical (unpaired) electrons. The lowest BCUT2D eigenvalue weighted by Crippen LogP contribution is -2.39. The summed E-state index contributed by atoms with van der Waals surface area (Å²) in [5.41, 5.74) is 1.18. The molecule has 2 atom stereocenters. The monoisotopic (exact) mass is 207 g/mol. The lowest BCUT2D eigenvalue weighted by molar-refractivity contribution is 0.0845. The summed E-state index contributed by atoms with van der Waals surface area (Å²) in [5.74, 6) is 1.07. The zero-order chi connectivity index (χ0) is 10.7. The van der Waals surface area contributed by atoms with Gasteiger partial charge in [0, 0.05) is 5.92 Å². The predicted octanol–water partition coefficient (Wildman–Crippen LogP) is 1.48. The molecule has 2 rings (SSSR count). The van der Waals surface area contributed by atoms with E-state index < -0.39 is 6.23 Å². The van der Waals surface area contributed by atoms with E-state index in [1.165, 1.54) is 5.56 Å². The quantitative estimate of drug-likeness (QED) is 0.772. The van der Waals surface area contributed by atoms with Gasteiger partial charge in [-0.1, -0.05) is 12.1 Å². The van der Waals surface area contributed by atoms with Crippen LogP contribution in [0.2, 0.25) is 0 Å². The van der Waals surface area contributed by atoms with Gasteiger partial charge in [0.2, 0.25) is 0 Å². The summed E-state index contributed by atoms with van der Waals surface area (Å²) >= 11 is 0. The molecule has 0 amide bonds. The average molecular weight is 207 g/mol. The molecule has 3 heteroatoms. The fourth-order valence-corrected chi connectivity index (χ4v) is 2.07. The van der Waals surface area contributed by atoms with Crippen molar-refractivity contribution in [2.24, 2.45) is 0 Å². The summed E-state index contributed by atoms with van der Waals surface area (Å²) in [6.45, 7) is 0.911. The summed E-state index contributed by atoms with van der Waals surface area (Å²) < 4.78 is 5.11. The van der Waals surface area contributed by atoms with Crippen molar-refractivity contribution in [1.29, 1.82) is 0 Å². The standard InChI is InChI=1S/C12H17NO2/c1-15-10-6-4-9(5-7-10)11-3-2-8-13-12(11)14/h4-7,11-14H,2-3,8H2,1H3/t11-,12-/m1/s1. The van der Waals surface area contributed by atoms with Crippen LogP contribution in [0.15, 0.2) is 24.3 Å². The van der Waals surface area contributed by atoms with E-state index in [1.807, 2.05) is 24.3 Å². The maximum Gasteiger partial charge on any atom is 0.118 e. The largest absolute Gasteiger partial charge is 0.497 e. The molecule has 2 N–H and O–H groups in total. The topological polar surface area (TPSA) is 41.5 Å². The van der Waals surface area contributed by atoms with Crippen molar-refractivity contribution in [3.05, 3.63) is 29.8 Å². The van der Waals surface area contributed by atoms with Crippen LogP contribution in [0.4, 0.5) is 0 Å². The molecular formula is C12H17NO2. The third-order valence-electron chi connectivity index (χ3n) is 2.97. The highest BCUT2D eigenvalue weighted by Gasteiger charge is 2.23. The number of nitrogens with one attached hydrogen (secondary N) is 1. The van der Waals surface area contributed by atoms with Crippen molar-refractivity contribution in [2.75, 3.05) is 13.7 Å². The molecule has 0 bridgehead atoms. The van der Waals surface area contributed by atoms with Crippen LogP contribution in [0, 0.1) is 0 Å². The number of hydrogen-bond donors (Lipinski definition) is 2. The second-order valence-electron chi connectivity index (χ2n) is 3.92. The lowest BCUT2D eigenvalue weighted by atomic mass is 9.90. The summed E-state index contributed by atoms with van der Waals surface area (Å²) in [7, 11) is 1.66. The average Bonchev–Trinajstić information content (AvgIpc) is 2.30. The van der Waals surface area contributed by atoms with Crippen LogP contribution in [-0.2, 0) is 0 Å². The van der Waals surface area contributed by atoms with E-state index in [4.69, 9.17) is 4.74 Å². The second-order valence-corrected chi connectivity index (χ2v) is 3.92. The van der Waals surface area contributed by atoms with Crippen molar-refractivity contribution in [3.8, 4) is 5.75 Å². The number of piperidine rings is 1. The van der Waals surface area contributed by atoms with Crippen molar-refractivity contribution in [2.45, 2.75) is 25.0 Å². The minimum atomic E-state index is -0.410. The van der Waals surface area contributed by atoms with Crippen LogP contribution < -0.4 is 10.1 Å². The Morgan fingerprint density at radius 2 is 2.07 bits per heavy atom. The van der Waals surface area contributed by atoms with Crippen molar-refractivity contribution in [3.63, 3.8) is 0 Å². The van der Waals surface area contributed by atoms with Crippen LogP contribution >= 0.6 is 0 Å². The fraction of sp³-hybridized carbons (Fsp3) is 0.500. The Morgan fingerprint density at radius 1 is 1.33 bits per heavy atom. The van der Waals surface area contributed by atoms with E-state index in [0.29, 0.717) is 0 Å². The molecule has 15 heavy (non-hydrogen) atoms. The number of benzene rings is 1.